The molecule has 0 spiro atoms. The van der Waals surface area contributed by atoms with Gasteiger partial charge in [0.25, 0.3) is 0 Å². The van der Waals surface area contributed by atoms with E-state index in [2.05, 4.69) is 117 Å². The molecule has 176 valence electrons. The Morgan fingerprint density at radius 2 is 1.34 bits per heavy atom. The molecule has 10 rings (SSSR count). The predicted molar refractivity (Wildman–Crippen MR) is 166 cm³/mol. The fourth-order valence-electron chi connectivity index (χ4n) is 6.93. The normalized spacial score (nSPS) is 12.9. The predicted octanol–water partition coefficient (Wildman–Crippen LogP) is 11.0. The topological polar surface area (TPSA) is 17.6 Å². The molecule has 0 aliphatic rings. The zero-order valence-electron chi connectivity index (χ0n) is 19.9. The Balaban J connectivity index is 1.61. The van der Waals surface area contributed by atoms with E-state index in [0.29, 0.717) is 0 Å². The van der Waals surface area contributed by atoms with Crippen molar-refractivity contribution < 1.29 is 4.42 Å². The zero-order valence-corrected chi connectivity index (χ0v) is 22.3. The standard InChI is InChI=1S/C34H16BrNOS/c35-17-12-13-24-23(14-17)33-32-19-6-1-3-10-26(19)37-27(32)15-22-18-8-5-9-21-30(18)25(36(24)34(22)33)16-29-31(21)20-7-2-4-11-28(20)38-29/h1-16H. The number of rotatable bonds is 0. The summed E-state index contributed by atoms with van der Waals surface area (Å²) in [6.07, 6.45) is 0. The van der Waals surface area contributed by atoms with Crippen LogP contribution in [0.25, 0.3) is 91.0 Å². The summed E-state index contributed by atoms with van der Waals surface area (Å²) in [5.41, 5.74) is 5.61. The van der Waals surface area contributed by atoms with Crippen LogP contribution in [-0.4, -0.2) is 4.40 Å². The van der Waals surface area contributed by atoms with E-state index >= 15 is 0 Å². The average Bonchev–Trinajstić information content (AvgIpc) is 3.60. The van der Waals surface area contributed by atoms with E-state index in [-0.39, 0.29) is 0 Å². The Morgan fingerprint density at radius 1 is 0.526 bits per heavy atom. The Kier molecular flexibility index (Phi) is 3.49. The van der Waals surface area contributed by atoms with Gasteiger partial charge in [-0.3, -0.25) is 0 Å². The summed E-state index contributed by atoms with van der Waals surface area (Å²) in [6.45, 7) is 0. The highest BCUT2D eigenvalue weighted by molar-refractivity contribution is 9.10. The molecule has 0 unspecified atom stereocenters. The molecule has 0 aliphatic heterocycles. The molecule has 0 fully saturated rings. The largest absolute Gasteiger partial charge is 0.456 e. The van der Waals surface area contributed by atoms with Crippen molar-refractivity contribution in [2.75, 3.05) is 0 Å². The number of nitrogens with zero attached hydrogens (tertiary/aromatic N) is 1. The zero-order chi connectivity index (χ0) is 24.7. The third kappa shape index (κ3) is 2.23. The minimum absolute atomic E-state index is 0.929. The summed E-state index contributed by atoms with van der Waals surface area (Å²) < 4.78 is 12.7. The van der Waals surface area contributed by atoms with Gasteiger partial charge >= 0.3 is 0 Å². The monoisotopic (exact) mass is 565 g/mol. The molecule has 2 nitrogen and oxygen atoms in total. The van der Waals surface area contributed by atoms with E-state index in [1.165, 1.54) is 74.4 Å². The van der Waals surface area contributed by atoms with E-state index in [1.807, 2.05) is 11.3 Å². The molecule has 38 heavy (non-hydrogen) atoms. The van der Waals surface area contributed by atoms with Crippen molar-refractivity contribution in [3.05, 3.63) is 102 Å². The Hall–Kier alpha value is -4.12. The second-order valence-electron chi connectivity index (χ2n) is 10.2. The highest BCUT2D eigenvalue weighted by atomic mass is 79.9. The lowest BCUT2D eigenvalue weighted by Crippen LogP contribution is -1.93. The molecule has 10 aromatic rings. The SMILES string of the molecule is Brc1ccc2c(c1)c1c3c(cc4c5cccc6c7c(cc(c56)n2c41)sc1ccccc17)oc1ccccc13. The van der Waals surface area contributed by atoms with Crippen LogP contribution >= 0.6 is 27.3 Å². The minimum Gasteiger partial charge on any atom is -0.456 e. The molecule has 0 saturated carbocycles. The number of hydrogen-bond donors (Lipinski definition) is 0. The summed E-state index contributed by atoms with van der Waals surface area (Å²) in [4.78, 5) is 0. The average molecular weight is 566 g/mol. The number of aromatic nitrogens is 1. The van der Waals surface area contributed by atoms with E-state index in [0.717, 1.165) is 21.0 Å². The molecular weight excluding hydrogens is 550 g/mol. The first kappa shape index (κ1) is 19.9. The number of para-hydroxylation sites is 1. The summed E-state index contributed by atoms with van der Waals surface area (Å²) in [5, 5.41) is 12.7. The van der Waals surface area contributed by atoms with Crippen LogP contribution in [0.2, 0.25) is 0 Å². The fourth-order valence-corrected chi connectivity index (χ4v) is 8.45. The number of hydrogen-bond acceptors (Lipinski definition) is 2. The van der Waals surface area contributed by atoms with Crippen LogP contribution in [0.4, 0.5) is 0 Å². The maximum atomic E-state index is 6.50. The van der Waals surface area contributed by atoms with Crippen LogP contribution in [0.3, 0.4) is 0 Å². The maximum Gasteiger partial charge on any atom is 0.136 e. The van der Waals surface area contributed by atoms with E-state index in [9.17, 15) is 0 Å². The molecule has 0 saturated heterocycles. The van der Waals surface area contributed by atoms with Gasteiger partial charge in [0, 0.05) is 57.0 Å². The minimum atomic E-state index is 0.929. The van der Waals surface area contributed by atoms with Gasteiger partial charge < -0.3 is 8.82 Å². The highest BCUT2D eigenvalue weighted by Crippen LogP contribution is 2.49. The third-order valence-electron chi connectivity index (χ3n) is 8.34. The van der Waals surface area contributed by atoms with Gasteiger partial charge in [-0.2, -0.15) is 0 Å². The number of thiophene rings is 1. The van der Waals surface area contributed by atoms with Crippen LogP contribution in [0.5, 0.6) is 0 Å². The van der Waals surface area contributed by atoms with Gasteiger partial charge in [-0.15, -0.1) is 11.3 Å². The van der Waals surface area contributed by atoms with Crippen molar-refractivity contribution in [1.29, 1.82) is 0 Å². The number of benzene rings is 6. The lowest BCUT2D eigenvalue weighted by atomic mass is 9.95. The second-order valence-corrected chi connectivity index (χ2v) is 12.2. The third-order valence-corrected chi connectivity index (χ3v) is 9.96. The van der Waals surface area contributed by atoms with Crippen molar-refractivity contribution in [2.24, 2.45) is 0 Å². The van der Waals surface area contributed by atoms with Gasteiger partial charge in [-0.1, -0.05) is 70.5 Å². The molecule has 4 heteroatoms. The Bertz CT molecular complexity index is 2630. The lowest BCUT2D eigenvalue weighted by Gasteiger charge is -2.14. The van der Waals surface area contributed by atoms with Gasteiger partial charge in [-0.25, -0.2) is 0 Å². The van der Waals surface area contributed by atoms with E-state index < -0.39 is 0 Å². The fraction of sp³-hybridized carbons (Fsp3) is 0. The quantitative estimate of drug-likeness (QED) is 0.132. The lowest BCUT2D eigenvalue weighted by molar-refractivity contribution is 0.669. The van der Waals surface area contributed by atoms with Gasteiger partial charge in [0.15, 0.2) is 0 Å². The van der Waals surface area contributed by atoms with Crippen molar-refractivity contribution in [3.63, 3.8) is 0 Å². The smallest absolute Gasteiger partial charge is 0.136 e. The van der Waals surface area contributed by atoms with Crippen LogP contribution in [0.15, 0.2) is 106 Å². The number of halogens is 1. The van der Waals surface area contributed by atoms with Crippen LogP contribution in [0.1, 0.15) is 0 Å². The molecule has 0 atom stereocenters. The summed E-state index contributed by atoms with van der Waals surface area (Å²) in [6, 6.07) is 35.4. The van der Waals surface area contributed by atoms with Crippen molar-refractivity contribution in [2.45, 2.75) is 0 Å². The molecular formula is C34H16BrNOS. The molecule has 0 amide bonds. The van der Waals surface area contributed by atoms with Crippen molar-refractivity contribution in [3.8, 4) is 0 Å². The van der Waals surface area contributed by atoms with Crippen molar-refractivity contribution in [1.82, 2.24) is 4.40 Å². The van der Waals surface area contributed by atoms with Crippen LogP contribution in [-0.2, 0) is 0 Å². The van der Waals surface area contributed by atoms with Gasteiger partial charge in [0.1, 0.15) is 11.2 Å². The van der Waals surface area contributed by atoms with Gasteiger partial charge in [-0.05, 0) is 53.2 Å². The Labute approximate surface area is 227 Å². The first-order valence-electron chi connectivity index (χ1n) is 12.7. The Morgan fingerprint density at radius 3 is 2.29 bits per heavy atom. The molecule has 6 aromatic carbocycles. The molecule has 0 N–H and O–H groups in total. The number of furan rings is 1. The first-order valence-corrected chi connectivity index (χ1v) is 14.3. The molecule has 4 aromatic heterocycles. The highest BCUT2D eigenvalue weighted by Gasteiger charge is 2.24. The summed E-state index contributed by atoms with van der Waals surface area (Å²) in [7, 11) is 0. The second kappa shape index (κ2) is 6.65. The molecule has 0 aliphatic carbocycles. The van der Waals surface area contributed by atoms with Crippen LogP contribution in [0, 0.1) is 0 Å². The van der Waals surface area contributed by atoms with Gasteiger partial charge in [0.2, 0.25) is 0 Å². The van der Waals surface area contributed by atoms with Gasteiger partial charge in [0.05, 0.1) is 16.6 Å². The van der Waals surface area contributed by atoms with Crippen molar-refractivity contribution >= 4 is 118 Å². The number of pyridine rings is 1. The van der Waals surface area contributed by atoms with E-state index in [4.69, 9.17) is 4.42 Å². The molecule has 0 radical (unpaired) electrons. The summed E-state index contributed by atoms with van der Waals surface area (Å²) >= 11 is 5.65. The summed E-state index contributed by atoms with van der Waals surface area (Å²) in [5.74, 6) is 0. The van der Waals surface area contributed by atoms with E-state index in [1.54, 1.807) is 0 Å². The van der Waals surface area contributed by atoms with Crippen LogP contribution < -0.4 is 0 Å². The molecule has 0 bridgehead atoms. The molecule has 4 heterocycles. The maximum absolute atomic E-state index is 6.50. The first-order chi connectivity index (χ1) is 18.8. The number of fused-ring (bicyclic) bond motifs is 13.